The highest BCUT2D eigenvalue weighted by molar-refractivity contribution is 7.17. The molecule has 1 amide bonds. The Morgan fingerprint density at radius 1 is 1.23 bits per heavy atom. The summed E-state index contributed by atoms with van der Waals surface area (Å²) in [5.74, 6) is 0.0237. The molecule has 0 radical (unpaired) electrons. The number of fused-ring (bicyclic) bond motifs is 1. The molecule has 4 rings (SSSR count). The lowest BCUT2D eigenvalue weighted by molar-refractivity contribution is 0.0950. The van der Waals surface area contributed by atoms with Crippen LogP contribution in [0, 0.1) is 5.82 Å². The van der Waals surface area contributed by atoms with Crippen molar-refractivity contribution < 1.29 is 14.3 Å². The van der Waals surface area contributed by atoms with Crippen LogP contribution >= 0.6 is 11.3 Å². The van der Waals surface area contributed by atoms with Gasteiger partial charge >= 0.3 is 0 Å². The van der Waals surface area contributed by atoms with E-state index >= 15 is 0 Å². The van der Waals surface area contributed by atoms with Crippen LogP contribution < -0.4 is 5.32 Å². The molecule has 1 aromatic carbocycles. The van der Waals surface area contributed by atoms with Crippen LogP contribution in [0.4, 0.5) is 4.39 Å². The summed E-state index contributed by atoms with van der Waals surface area (Å²) < 4.78 is 14.2. The van der Waals surface area contributed by atoms with E-state index in [-0.39, 0.29) is 23.4 Å². The lowest BCUT2D eigenvalue weighted by Gasteiger charge is -2.12. The van der Waals surface area contributed by atoms with E-state index in [0.717, 1.165) is 21.3 Å². The van der Waals surface area contributed by atoms with Gasteiger partial charge in [0.2, 0.25) is 0 Å². The summed E-state index contributed by atoms with van der Waals surface area (Å²) >= 11 is 1.42. The Morgan fingerprint density at radius 2 is 2.10 bits per heavy atom. The van der Waals surface area contributed by atoms with Crippen molar-refractivity contribution in [2.75, 3.05) is 6.54 Å². The predicted molar refractivity (Wildman–Crippen MR) is 118 cm³/mol. The van der Waals surface area contributed by atoms with Crippen LogP contribution in [0.3, 0.4) is 0 Å². The number of rotatable bonds is 7. The molecular weight excluding hydrogens is 415 g/mol. The Hall–Kier alpha value is -3.39. The number of nitrogens with zero attached hydrogens (tertiary/aromatic N) is 3. The number of pyridine rings is 1. The number of aromatic hydroxyl groups is 1. The summed E-state index contributed by atoms with van der Waals surface area (Å²) in [6.07, 6.45) is 3.85. The standard InChI is InChI=1S/C23H21FN4O2S/c1-14(16-11-17(24)13-25-12-16)9-20-27-19-6-8-31-22(19)21(28-20)23(30)26-7-5-15-3-2-4-18(29)10-15/h2-4,6,8,10-14,29H,5,7,9H2,1H3,(H,26,30)/t14-/m1/s1. The second-order valence-corrected chi connectivity index (χ2v) is 8.26. The van der Waals surface area contributed by atoms with E-state index in [1.165, 1.54) is 23.6 Å². The SMILES string of the molecule is C[C@H](Cc1nc(C(=O)NCCc2cccc(O)c2)c2sccc2n1)c1cncc(F)c1. The molecule has 0 unspecified atom stereocenters. The van der Waals surface area contributed by atoms with E-state index in [4.69, 9.17) is 0 Å². The summed E-state index contributed by atoms with van der Waals surface area (Å²) in [6, 6.07) is 10.3. The molecule has 3 heterocycles. The summed E-state index contributed by atoms with van der Waals surface area (Å²) in [5.41, 5.74) is 2.75. The van der Waals surface area contributed by atoms with Crippen LogP contribution in [0.5, 0.6) is 5.75 Å². The highest BCUT2D eigenvalue weighted by Crippen LogP contribution is 2.25. The molecule has 0 spiro atoms. The zero-order valence-corrected chi connectivity index (χ0v) is 17.7. The number of aromatic nitrogens is 3. The van der Waals surface area contributed by atoms with Crippen LogP contribution in [0.15, 0.2) is 54.2 Å². The molecule has 158 valence electrons. The average Bonchev–Trinajstić information content (AvgIpc) is 3.21. The maximum absolute atomic E-state index is 13.5. The number of hydrogen-bond acceptors (Lipinski definition) is 6. The Balaban J connectivity index is 1.50. The van der Waals surface area contributed by atoms with Crippen LogP contribution in [0.1, 0.15) is 40.3 Å². The van der Waals surface area contributed by atoms with Crippen molar-refractivity contribution in [3.8, 4) is 5.75 Å². The van der Waals surface area contributed by atoms with Crippen LogP contribution in [0.25, 0.3) is 10.2 Å². The molecule has 0 aliphatic carbocycles. The third kappa shape index (κ3) is 5.03. The van der Waals surface area contributed by atoms with Gasteiger partial charge < -0.3 is 10.4 Å². The number of thiophene rings is 1. The van der Waals surface area contributed by atoms with Gasteiger partial charge in [-0.1, -0.05) is 19.1 Å². The fourth-order valence-corrected chi connectivity index (χ4v) is 4.18. The van der Waals surface area contributed by atoms with Crippen molar-refractivity contribution in [1.82, 2.24) is 20.3 Å². The van der Waals surface area contributed by atoms with Crippen molar-refractivity contribution in [1.29, 1.82) is 0 Å². The second-order valence-electron chi connectivity index (χ2n) is 7.34. The van der Waals surface area contributed by atoms with E-state index in [9.17, 15) is 14.3 Å². The Bertz CT molecular complexity index is 1230. The highest BCUT2D eigenvalue weighted by Gasteiger charge is 2.18. The topological polar surface area (TPSA) is 88.0 Å². The predicted octanol–water partition coefficient (Wildman–Crippen LogP) is 4.25. The van der Waals surface area contributed by atoms with E-state index < -0.39 is 0 Å². The Morgan fingerprint density at radius 3 is 2.90 bits per heavy atom. The first-order valence-corrected chi connectivity index (χ1v) is 10.8. The monoisotopic (exact) mass is 436 g/mol. The fourth-order valence-electron chi connectivity index (χ4n) is 3.36. The number of halogens is 1. The third-order valence-corrected chi connectivity index (χ3v) is 5.87. The summed E-state index contributed by atoms with van der Waals surface area (Å²) in [4.78, 5) is 25.9. The minimum Gasteiger partial charge on any atom is -0.508 e. The highest BCUT2D eigenvalue weighted by atomic mass is 32.1. The van der Waals surface area contributed by atoms with E-state index in [1.807, 2.05) is 24.4 Å². The summed E-state index contributed by atoms with van der Waals surface area (Å²) in [6.45, 7) is 2.37. The van der Waals surface area contributed by atoms with Crippen molar-refractivity contribution in [3.05, 3.63) is 82.6 Å². The van der Waals surface area contributed by atoms with Gasteiger partial charge in [-0.05, 0) is 53.1 Å². The van der Waals surface area contributed by atoms with Crippen molar-refractivity contribution in [2.24, 2.45) is 0 Å². The summed E-state index contributed by atoms with van der Waals surface area (Å²) in [5, 5.41) is 14.4. The van der Waals surface area contributed by atoms with Gasteiger partial charge in [0.15, 0.2) is 0 Å². The summed E-state index contributed by atoms with van der Waals surface area (Å²) in [7, 11) is 0. The largest absolute Gasteiger partial charge is 0.508 e. The zero-order chi connectivity index (χ0) is 21.8. The molecule has 4 aromatic rings. The molecule has 0 bridgehead atoms. The number of carbonyl (C=O) groups excluding carboxylic acids is 1. The normalized spacial score (nSPS) is 12.1. The van der Waals surface area contributed by atoms with E-state index in [0.29, 0.717) is 30.9 Å². The molecule has 31 heavy (non-hydrogen) atoms. The van der Waals surface area contributed by atoms with Gasteiger partial charge in [-0.2, -0.15) is 0 Å². The molecule has 0 aliphatic rings. The minimum atomic E-state index is -0.384. The maximum Gasteiger partial charge on any atom is 0.271 e. The van der Waals surface area contributed by atoms with Gasteiger partial charge in [-0.25, -0.2) is 14.4 Å². The van der Waals surface area contributed by atoms with Crippen molar-refractivity contribution in [3.63, 3.8) is 0 Å². The Labute approximate surface area is 182 Å². The number of phenols is 1. The first-order valence-electron chi connectivity index (χ1n) is 9.90. The van der Waals surface area contributed by atoms with Crippen molar-refractivity contribution in [2.45, 2.75) is 25.7 Å². The molecule has 3 aromatic heterocycles. The van der Waals surface area contributed by atoms with Gasteiger partial charge in [-0.3, -0.25) is 9.78 Å². The first kappa shape index (κ1) is 20.9. The molecule has 8 heteroatoms. The molecule has 6 nitrogen and oxygen atoms in total. The number of carbonyl (C=O) groups is 1. The Kier molecular flexibility index (Phi) is 6.18. The van der Waals surface area contributed by atoms with E-state index in [2.05, 4.69) is 20.3 Å². The molecule has 0 saturated heterocycles. The number of phenolic OH excluding ortho intramolecular Hbond substituents is 1. The lowest BCUT2D eigenvalue weighted by atomic mass is 9.99. The first-order chi connectivity index (χ1) is 15.0. The van der Waals surface area contributed by atoms with Gasteiger partial charge in [0.1, 0.15) is 23.1 Å². The average molecular weight is 437 g/mol. The minimum absolute atomic E-state index is 0.0547. The van der Waals surface area contributed by atoms with Crippen LogP contribution in [-0.2, 0) is 12.8 Å². The van der Waals surface area contributed by atoms with Gasteiger partial charge in [0, 0.05) is 19.2 Å². The zero-order valence-electron chi connectivity index (χ0n) is 16.9. The number of nitrogens with one attached hydrogen (secondary N) is 1. The second kappa shape index (κ2) is 9.18. The van der Waals surface area contributed by atoms with Crippen LogP contribution in [0.2, 0.25) is 0 Å². The van der Waals surface area contributed by atoms with Crippen LogP contribution in [-0.4, -0.2) is 32.5 Å². The van der Waals surface area contributed by atoms with Gasteiger partial charge in [0.05, 0.1) is 16.4 Å². The third-order valence-electron chi connectivity index (χ3n) is 4.96. The van der Waals surface area contributed by atoms with Gasteiger partial charge in [0.25, 0.3) is 5.91 Å². The molecule has 0 fully saturated rings. The quantitative estimate of drug-likeness (QED) is 0.452. The fraction of sp³-hybridized carbons (Fsp3) is 0.217. The van der Waals surface area contributed by atoms with E-state index in [1.54, 1.807) is 24.4 Å². The molecule has 0 aliphatic heterocycles. The smallest absolute Gasteiger partial charge is 0.271 e. The maximum atomic E-state index is 13.5. The molecular formula is C23H21FN4O2S. The number of hydrogen-bond donors (Lipinski definition) is 2. The lowest BCUT2D eigenvalue weighted by Crippen LogP contribution is -2.27. The molecule has 2 N–H and O–H groups in total. The van der Waals surface area contributed by atoms with Crippen molar-refractivity contribution >= 4 is 27.5 Å². The van der Waals surface area contributed by atoms with Gasteiger partial charge in [-0.15, -0.1) is 11.3 Å². The molecule has 1 atom stereocenters. The number of benzene rings is 1. The number of amides is 1. The molecule has 0 saturated carbocycles.